The lowest BCUT2D eigenvalue weighted by molar-refractivity contribution is 0.171. The molecule has 122 valence electrons. The summed E-state index contributed by atoms with van der Waals surface area (Å²) in [5, 5.41) is 3.14. The van der Waals surface area contributed by atoms with Crippen LogP contribution in [0.2, 0.25) is 0 Å². The van der Waals surface area contributed by atoms with Gasteiger partial charge in [0.25, 0.3) is 0 Å². The Hall–Kier alpha value is -2.21. The molecule has 6 heteroatoms. The van der Waals surface area contributed by atoms with Crippen LogP contribution in [0.1, 0.15) is 24.1 Å². The van der Waals surface area contributed by atoms with E-state index in [0.29, 0.717) is 30.3 Å². The molecule has 3 nitrogen and oxygen atoms in total. The molecule has 2 aromatic carbocycles. The number of halogens is 3. The number of ether oxygens (including phenoxy) is 2. The topological polar surface area (TPSA) is 30.5 Å². The lowest BCUT2D eigenvalue weighted by atomic mass is 10.1. The quantitative estimate of drug-likeness (QED) is 0.870. The molecule has 0 amide bonds. The van der Waals surface area contributed by atoms with Crippen molar-refractivity contribution in [3.05, 3.63) is 58.9 Å². The SMILES string of the molecule is CC(NCc1cc(F)c(F)c(F)c1)c1ccc2c(c1)OCCO2. The van der Waals surface area contributed by atoms with E-state index in [1.807, 2.05) is 25.1 Å². The molecule has 0 saturated carbocycles. The summed E-state index contributed by atoms with van der Waals surface area (Å²) < 4.78 is 50.3. The monoisotopic (exact) mass is 323 g/mol. The number of hydrogen-bond acceptors (Lipinski definition) is 3. The number of rotatable bonds is 4. The summed E-state index contributed by atoms with van der Waals surface area (Å²) in [4.78, 5) is 0. The van der Waals surface area contributed by atoms with Crippen LogP contribution in [0.15, 0.2) is 30.3 Å². The van der Waals surface area contributed by atoms with Gasteiger partial charge in [-0.3, -0.25) is 0 Å². The minimum Gasteiger partial charge on any atom is -0.486 e. The summed E-state index contributed by atoms with van der Waals surface area (Å²) in [5.74, 6) is -2.44. The van der Waals surface area contributed by atoms with Crippen molar-refractivity contribution in [2.45, 2.75) is 19.5 Å². The average molecular weight is 323 g/mol. The highest BCUT2D eigenvalue weighted by atomic mass is 19.2. The Morgan fingerprint density at radius 2 is 1.65 bits per heavy atom. The van der Waals surface area contributed by atoms with Crippen LogP contribution in [0.25, 0.3) is 0 Å². The van der Waals surface area contributed by atoms with Crippen molar-refractivity contribution >= 4 is 0 Å². The standard InChI is InChI=1S/C17H16F3NO2/c1-10(12-2-3-15-16(8-12)23-5-4-22-15)21-9-11-6-13(18)17(20)14(19)7-11/h2-3,6-8,10,21H,4-5,9H2,1H3. The first kappa shape index (κ1) is 15.7. The van der Waals surface area contributed by atoms with Gasteiger partial charge in [0.2, 0.25) is 0 Å². The molecular formula is C17H16F3NO2. The fraction of sp³-hybridized carbons (Fsp3) is 0.294. The van der Waals surface area contributed by atoms with Crippen molar-refractivity contribution in [2.75, 3.05) is 13.2 Å². The summed E-state index contributed by atoms with van der Waals surface area (Å²) in [5.41, 5.74) is 1.29. The molecule has 1 aliphatic rings. The Balaban J connectivity index is 1.69. The van der Waals surface area contributed by atoms with Gasteiger partial charge in [0.15, 0.2) is 29.0 Å². The molecule has 1 aliphatic heterocycles. The third-order valence-corrected chi connectivity index (χ3v) is 3.72. The maximum absolute atomic E-state index is 13.2. The first-order valence-electron chi connectivity index (χ1n) is 7.31. The number of nitrogens with one attached hydrogen (secondary N) is 1. The summed E-state index contributed by atoms with van der Waals surface area (Å²) in [7, 11) is 0. The summed E-state index contributed by atoms with van der Waals surface area (Å²) in [6, 6.07) is 7.50. The number of benzene rings is 2. The maximum Gasteiger partial charge on any atom is 0.194 e. The first-order chi connectivity index (χ1) is 11.0. The van der Waals surface area contributed by atoms with Crippen molar-refractivity contribution in [3.8, 4) is 11.5 Å². The molecular weight excluding hydrogens is 307 g/mol. The summed E-state index contributed by atoms with van der Waals surface area (Å²) in [6.45, 7) is 3.17. The molecule has 3 rings (SSSR count). The van der Waals surface area contributed by atoms with Crippen LogP contribution in [0.5, 0.6) is 11.5 Å². The van der Waals surface area contributed by atoms with E-state index in [1.165, 1.54) is 0 Å². The van der Waals surface area contributed by atoms with Crippen LogP contribution < -0.4 is 14.8 Å². The van der Waals surface area contributed by atoms with Crippen LogP contribution in [-0.2, 0) is 6.54 Å². The Labute approximate surface area is 132 Å². The zero-order chi connectivity index (χ0) is 16.4. The zero-order valence-electron chi connectivity index (χ0n) is 12.5. The minimum absolute atomic E-state index is 0.0815. The Morgan fingerprint density at radius 3 is 2.35 bits per heavy atom. The predicted octanol–water partition coefficient (Wildman–Crippen LogP) is 3.73. The highest BCUT2D eigenvalue weighted by molar-refractivity contribution is 5.44. The molecule has 2 aromatic rings. The van der Waals surface area contributed by atoms with Gasteiger partial charge in [-0.05, 0) is 42.3 Å². The maximum atomic E-state index is 13.2. The molecule has 1 N–H and O–H groups in total. The van der Waals surface area contributed by atoms with Gasteiger partial charge in [-0.2, -0.15) is 0 Å². The van der Waals surface area contributed by atoms with E-state index in [-0.39, 0.29) is 12.6 Å². The zero-order valence-corrected chi connectivity index (χ0v) is 12.5. The molecule has 0 fully saturated rings. The fourth-order valence-corrected chi connectivity index (χ4v) is 2.43. The lowest BCUT2D eigenvalue weighted by Gasteiger charge is -2.21. The van der Waals surface area contributed by atoms with Gasteiger partial charge in [-0.25, -0.2) is 13.2 Å². The molecule has 0 radical (unpaired) electrons. The van der Waals surface area contributed by atoms with E-state index in [4.69, 9.17) is 9.47 Å². The molecule has 0 saturated heterocycles. The summed E-state index contributed by atoms with van der Waals surface area (Å²) in [6.07, 6.45) is 0. The van der Waals surface area contributed by atoms with Crippen LogP contribution in [-0.4, -0.2) is 13.2 Å². The van der Waals surface area contributed by atoms with Crippen molar-refractivity contribution in [2.24, 2.45) is 0 Å². The normalized spacial score (nSPS) is 14.6. The third-order valence-electron chi connectivity index (χ3n) is 3.72. The molecule has 0 spiro atoms. The van der Waals surface area contributed by atoms with E-state index >= 15 is 0 Å². The van der Waals surface area contributed by atoms with Crippen LogP contribution in [0.4, 0.5) is 13.2 Å². The predicted molar refractivity (Wildman–Crippen MR) is 79.0 cm³/mol. The van der Waals surface area contributed by atoms with Gasteiger partial charge in [-0.15, -0.1) is 0 Å². The largest absolute Gasteiger partial charge is 0.486 e. The van der Waals surface area contributed by atoms with Crippen molar-refractivity contribution in [1.29, 1.82) is 0 Å². The van der Waals surface area contributed by atoms with Crippen molar-refractivity contribution in [1.82, 2.24) is 5.32 Å². The minimum atomic E-state index is -1.45. The van der Waals surface area contributed by atoms with E-state index < -0.39 is 17.5 Å². The van der Waals surface area contributed by atoms with E-state index in [1.54, 1.807) is 0 Å². The summed E-state index contributed by atoms with van der Waals surface area (Å²) >= 11 is 0. The molecule has 1 atom stereocenters. The number of fused-ring (bicyclic) bond motifs is 1. The first-order valence-corrected chi connectivity index (χ1v) is 7.31. The van der Waals surface area contributed by atoms with Gasteiger partial charge in [0, 0.05) is 12.6 Å². The van der Waals surface area contributed by atoms with Gasteiger partial charge in [-0.1, -0.05) is 6.07 Å². The second-order valence-corrected chi connectivity index (χ2v) is 5.38. The Morgan fingerprint density at radius 1 is 1.00 bits per heavy atom. The molecule has 1 unspecified atom stereocenters. The molecule has 1 heterocycles. The lowest BCUT2D eigenvalue weighted by Crippen LogP contribution is -2.20. The van der Waals surface area contributed by atoms with Crippen molar-refractivity contribution in [3.63, 3.8) is 0 Å². The van der Waals surface area contributed by atoms with Crippen LogP contribution in [0.3, 0.4) is 0 Å². The van der Waals surface area contributed by atoms with Gasteiger partial charge in [0.05, 0.1) is 0 Å². The van der Waals surface area contributed by atoms with E-state index in [9.17, 15) is 13.2 Å². The number of hydrogen-bond donors (Lipinski definition) is 1. The molecule has 0 bridgehead atoms. The van der Waals surface area contributed by atoms with Gasteiger partial charge in [0.1, 0.15) is 13.2 Å². The molecule has 0 aromatic heterocycles. The molecule has 23 heavy (non-hydrogen) atoms. The second-order valence-electron chi connectivity index (χ2n) is 5.38. The Kier molecular flexibility index (Phi) is 4.43. The highest BCUT2D eigenvalue weighted by Gasteiger charge is 2.15. The van der Waals surface area contributed by atoms with E-state index in [0.717, 1.165) is 17.7 Å². The van der Waals surface area contributed by atoms with Gasteiger partial charge >= 0.3 is 0 Å². The van der Waals surface area contributed by atoms with E-state index in [2.05, 4.69) is 5.32 Å². The third kappa shape index (κ3) is 3.42. The van der Waals surface area contributed by atoms with Gasteiger partial charge < -0.3 is 14.8 Å². The second kappa shape index (κ2) is 6.50. The fourth-order valence-electron chi connectivity index (χ4n) is 2.43. The highest BCUT2D eigenvalue weighted by Crippen LogP contribution is 2.32. The smallest absolute Gasteiger partial charge is 0.194 e. The van der Waals surface area contributed by atoms with Crippen LogP contribution in [0, 0.1) is 17.5 Å². The van der Waals surface area contributed by atoms with Crippen LogP contribution >= 0.6 is 0 Å². The molecule has 0 aliphatic carbocycles. The van der Waals surface area contributed by atoms with Crippen molar-refractivity contribution < 1.29 is 22.6 Å². The average Bonchev–Trinajstić information content (AvgIpc) is 2.57. The Bertz CT molecular complexity index is 698.